The van der Waals surface area contributed by atoms with E-state index in [0.29, 0.717) is 6.54 Å². The summed E-state index contributed by atoms with van der Waals surface area (Å²) in [6.07, 6.45) is 6.69. The van der Waals surface area contributed by atoms with Crippen LogP contribution in [0.15, 0.2) is 0 Å². The van der Waals surface area contributed by atoms with Crippen LogP contribution in [-0.4, -0.2) is 36.5 Å². The number of hydrogen-bond acceptors (Lipinski definition) is 3. The second-order valence-electron chi connectivity index (χ2n) is 5.34. The lowest BCUT2D eigenvalue weighted by molar-refractivity contribution is -0.152. The summed E-state index contributed by atoms with van der Waals surface area (Å²) in [6.45, 7) is 4.94. The van der Waals surface area contributed by atoms with E-state index in [4.69, 9.17) is 4.74 Å². The molecule has 0 aliphatic carbocycles. The largest absolute Gasteiger partial charge is 0.467 e. The smallest absolute Gasteiger partial charge is 0.328 e. The Labute approximate surface area is 123 Å². The number of carbonyl (C=O) groups is 2. The molecule has 0 N–H and O–H groups in total. The Hall–Kier alpha value is -1.06. The summed E-state index contributed by atoms with van der Waals surface area (Å²) in [4.78, 5) is 26.0. The van der Waals surface area contributed by atoms with Gasteiger partial charge in [0.2, 0.25) is 5.91 Å². The van der Waals surface area contributed by atoms with E-state index in [2.05, 4.69) is 13.8 Å². The average molecular weight is 285 g/mol. The molecular formula is C16H31NO3. The van der Waals surface area contributed by atoms with E-state index in [1.54, 1.807) is 4.90 Å². The number of rotatable bonds is 7. The van der Waals surface area contributed by atoms with Crippen LogP contribution in [0.3, 0.4) is 0 Å². The Balaban J connectivity index is 0.00000361. The summed E-state index contributed by atoms with van der Waals surface area (Å²) in [5.74, 6) is -0.0324. The summed E-state index contributed by atoms with van der Waals surface area (Å²) in [6, 6.07) is -0.349. The Morgan fingerprint density at radius 2 is 1.95 bits per heavy atom. The molecule has 118 valence electrons. The number of esters is 1. The minimum absolute atomic E-state index is 0. The minimum Gasteiger partial charge on any atom is -0.467 e. The summed E-state index contributed by atoms with van der Waals surface area (Å²) in [5, 5.41) is 0. The Bertz CT molecular complexity index is 304. The van der Waals surface area contributed by atoms with Gasteiger partial charge in [0.1, 0.15) is 6.04 Å². The third kappa shape index (κ3) is 4.80. The molecule has 1 amide bonds. The van der Waals surface area contributed by atoms with Crippen LogP contribution in [0, 0.1) is 5.92 Å². The molecule has 0 radical (unpaired) electrons. The van der Waals surface area contributed by atoms with Crippen LogP contribution in [0.1, 0.15) is 66.2 Å². The molecule has 20 heavy (non-hydrogen) atoms. The summed E-state index contributed by atoms with van der Waals surface area (Å²) >= 11 is 0. The minimum atomic E-state index is -0.349. The van der Waals surface area contributed by atoms with Crippen molar-refractivity contribution in [3.05, 3.63) is 0 Å². The molecule has 1 rings (SSSR count). The van der Waals surface area contributed by atoms with Gasteiger partial charge < -0.3 is 9.64 Å². The lowest BCUT2D eigenvalue weighted by Crippen LogP contribution is -2.44. The number of nitrogens with zero attached hydrogens (tertiary/aromatic N) is 1. The highest BCUT2D eigenvalue weighted by atomic mass is 16.5. The zero-order valence-corrected chi connectivity index (χ0v) is 12.5. The van der Waals surface area contributed by atoms with Gasteiger partial charge in [0.05, 0.1) is 7.11 Å². The number of ether oxygens (including phenoxy) is 1. The zero-order chi connectivity index (χ0) is 14.3. The van der Waals surface area contributed by atoms with Crippen LogP contribution in [0.5, 0.6) is 0 Å². The van der Waals surface area contributed by atoms with Crippen LogP contribution < -0.4 is 0 Å². The fourth-order valence-electron chi connectivity index (χ4n) is 2.84. The van der Waals surface area contributed by atoms with Crippen molar-refractivity contribution in [2.75, 3.05) is 13.7 Å². The topological polar surface area (TPSA) is 46.6 Å². The molecule has 4 nitrogen and oxygen atoms in total. The molecule has 2 unspecified atom stereocenters. The molecule has 1 aliphatic rings. The zero-order valence-electron chi connectivity index (χ0n) is 12.5. The highest BCUT2D eigenvalue weighted by molar-refractivity contribution is 5.86. The van der Waals surface area contributed by atoms with E-state index in [-0.39, 0.29) is 31.3 Å². The van der Waals surface area contributed by atoms with Gasteiger partial charge in [0.25, 0.3) is 0 Å². The van der Waals surface area contributed by atoms with Gasteiger partial charge in [-0.3, -0.25) is 4.79 Å². The van der Waals surface area contributed by atoms with Crippen molar-refractivity contribution >= 4 is 11.9 Å². The normalized spacial score (nSPS) is 19.4. The monoisotopic (exact) mass is 285 g/mol. The van der Waals surface area contributed by atoms with E-state index < -0.39 is 0 Å². The fourth-order valence-corrected chi connectivity index (χ4v) is 2.84. The standard InChI is InChI=1S/C15H27NO3.CH4/c1-4-6-9-12(8-5-2)14(17)16-11-7-10-13(16)15(18)19-3;/h12-13H,4-11H2,1-3H3;1H4. The lowest BCUT2D eigenvalue weighted by atomic mass is 9.95. The molecule has 0 aromatic rings. The highest BCUT2D eigenvalue weighted by Gasteiger charge is 2.37. The first-order valence-electron chi connectivity index (χ1n) is 7.53. The van der Waals surface area contributed by atoms with Crippen molar-refractivity contribution in [2.24, 2.45) is 5.92 Å². The van der Waals surface area contributed by atoms with Crippen LogP contribution in [0.25, 0.3) is 0 Å². The predicted octanol–water partition coefficient (Wildman–Crippen LogP) is 3.39. The molecule has 0 aromatic heterocycles. The van der Waals surface area contributed by atoms with Crippen molar-refractivity contribution in [3.63, 3.8) is 0 Å². The maximum absolute atomic E-state index is 12.6. The van der Waals surface area contributed by atoms with Gasteiger partial charge in [-0.15, -0.1) is 0 Å². The van der Waals surface area contributed by atoms with Gasteiger partial charge in [-0.2, -0.15) is 0 Å². The molecule has 0 bridgehead atoms. The Kier molecular flexibility index (Phi) is 9.26. The van der Waals surface area contributed by atoms with E-state index in [0.717, 1.165) is 44.9 Å². The summed E-state index contributed by atoms with van der Waals surface area (Å²) < 4.78 is 4.80. The molecule has 0 spiro atoms. The first-order valence-corrected chi connectivity index (χ1v) is 7.53. The van der Waals surface area contributed by atoms with E-state index >= 15 is 0 Å². The van der Waals surface area contributed by atoms with Crippen molar-refractivity contribution < 1.29 is 14.3 Å². The number of likely N-dealkylation sites (tertiary alicyclic amines) is 1. The molecule has 0 aromatic carbocycles. The predicted molar refractivity (Wildman–Crippen MR) is 81.4 cm³/mol. The molecule has 1 fully saturated rings. The average Bonchev–Trinajstić information content (AvgIpc) is 2.91. The van der Waals surface area contributed by atoms with Crippen LogP contribution in [0.4, 0.5) is 0 Å². The quantitative estimate of drug-likeness (QED) is 0.674. The fraction of sp³-hybridized carbons (Fsp3) is 0.875. The highest BCUT2D eigenvalue weighted by Crippen LogP contribution is 2.25. The molecule has 2 atom stereocenters. The summed E-state index contributed by atoms with van der Waals surface area (Å²) in [7, 11) is 1.39. The molecule has 1 heterocycles. The number of unbranched alkanes of at least 4 members (excludes halogenated alkanes) is 1. The lowest BCUT2D eigenvalue weighted by Gasteiger charge is -2.27. The van der Waals surface area contributed by atoms with E-state index in [1.165, 1.54) is 7.11 Å². The molecular weight excluding hydrogens is 254 g/mol. The number of hydrogen-bond donors (Lipinski definition) is 0. The van der Waals surface area contributed by atoms with Gasteiger partial charge in [-0.05, 0) is 25.7 Å². The van der Waals surface area contributed by atoms with Crippen molar-refractivity contribution in [1.82, 2.24) is 4.90 Å². The van der Waals surface area contributed by atoms with Crippen molar-refractivity contribution in [3.8, 4) is 0 Å². The third-order valence-corrected chi connectivity index (χ3v) is 3.90. The van der Waals surface area contributed by atoms with Gasteiger partial charge in [0.15, 0.2) is 0 Å². The molecule has 1 aliphatic heterocycles. The molecule has 4 heteroatoms. The Morgan fingerprint density at radius 3 is 2.50 bits per heavy atom. The van der Waals surface area contributed by atoms with Crippen LogP contribution >= 0.6 is 0 Å². The third-order valence-electron chi connectivity index (χ3n) is 3.90. The second kappa shape index (κ2) is 9.78. The van der Waals surface area contributed by atoms with Crippen molar-refractivity contribution in [1.29, 1.82) is 0 Å². The number of carbonyl (C=O) groups excluding carboxylic acids is 2. The molecule has 0 saturated carbocycles. The SMILES string of the molecule is C.CCCCC(CCC)C(=O)N1CCCC1C(=O)OC. The van der Waals surface area contributed by atoms with Crippen LogP contribution in [0.2, 0.25) is 0 Å². The first-order chi connectivity index (χ1) is 9.15. The first kappa shape index (κ1) is 18.9. The second-order valence-corrected chi connectivity index (χ2v) is 5.34. The van der Waals surface area contributed by atoms with Gasteiger partial charge in [0, 0.05) is 12.5 Å². The van der Waals surface area contributed by atoms with E-state index in [9.17, 15) is 9.59 Å². The van der Waals surface area contributed by atoms with Gasteiger partial charge >= 0.3 is 5.97 Å². The summed E-state index contributed by atoms with van der Waals surface area (Å²) in [5.41, 5.74) is 0. The maximum atomic E-state index is 12.6. The van der Waals surface area contributed by atoms with Crippen molar-refractivity contribution in [2.45, 2.75) is 72.3 Å². The van der Waals surface area contributed by atoms with Gasteiger partial charge in [-0.1, -0.05) is 40.5 Å². The number of methoxy groups -OCH3 is 1. The molecule has 1 saturated heterocycles. The number of amides is 1. The van der Waals surface area contributed by atoms with E-state index in [1.807, 2.05) is 0 Å². The van der Waals surface area contributed by atoms with Crippen LogP contribution in [-0.2, 0) is 14.3 Å². The maximum Gasteiger partial charge on any atom is 0.328 e. The Morgan fingerprint density at radius 1 is 1.25 bits per heavy atom. The van der Waals surface area contributed by atoms with Gasteiger partial charge in [-0.25, -0.2) is 4.79 Å².